The molecule has 13 heavy (non-hydrogen) atoms. The number of benzene rings is 1. The zero-order chi connectivity index (χ0) is 9.26. The van der Waals surface area contributed by atoms with Crippen molar-refractivity contribution in [3.63, 3.8) is 0 Å². The van der Waals surface area contributed by atoms with E-state index in [9.17, 15) is 9.18 Å². The van der Waals surface area contributed by atoms with Gasteiger partial charge in [0.1, 0.15) is 11.6 Å². The van der Waals surface area contributed by atoms with E-state index in [-0.39, 0.29) is 11.7 Å². The van der Waals surface area contributed by atoms with Gasteiger partial charge in [-0.25, -0.2) is 4.39 Å². The predicted molar refractivity (Wildman–Crippen MR) is 48.0 cm³/mol. The summed E-state index contributed by atoms with van der Waals surface area (Å²) < 4.78 is 12.8. The van der Waals surface area contributed by atoms with Gasteiger partial charge in [0.15, 0.2) is 0 Å². The maximum atomic E-state index is 12.8. The minimum atomic E-state index is -0.211. The molecule has 0 aromatic heterocycles. The summed E-state index contributed by atoms with van der Waals surface area (Å²) >= 11 is 0. The van der Waals surface area contributed by atoms with Crippen LogP contribution in [0.2, 0.25) is 0 Å². The summed E-state index contributed by atoms with van der Waals surface area (Å²) in [7, 11) is 0. The van der Waals surface area contributed by atoms with Gasteiger partial charge in [0.25, 0.3) is 0 Å². The molecule has 0 amide bonds. The molecule has 1 aliphatic rings. The zero-order valence-electron chi connectivity index (χ0n) is 7.29. The van der Waals surface area contributed by atoms with E-state index in [1.54, 1.807) is 6.07 Å². The van der Waals surface area contributed by atoms with Crippen molar-refractivity contribution < 1.29 is 9.18 Å². The summed E-state index contributed by atoms with van der Waals surface area (Å²) in [4.78, 5) is 11.0. The van der Waals surface area contributed by atoms with E-state index < -0.39 is 0 Å². The van der Waals surface area contributed by atoms with E-state index >= 15 is 0 Å². The van der Waals surface area contributed by atoms with Crippen molar-refractivity contribution in [1.82, 2.24) is 0 Å². The standard InChI is InChI=1S/C11H11FO/c12-10-3-1-2-8(6-10)9-4-5-11(13)7-9/h1-3,6,9H,4-5,7H2/t9-/m0/s1. The first-order valence-electron chi connectivity index (χ1n) is 4.53. The summed E-state index contributed by atoms with van der Waals surface area (Å²) in [6.45, 7) is 0. The van der Waals surface area contributed by atoms with Gasteiger partial charge in [0.05, 0.1) is 0 Å². The highest BCUT2D eigenvalue weighted by Crippen LogP contribution is 2.31. The lowest BCUT2D eigenvalue weighted by Crippen LogP contribution is -1.94. The average Bonchev–Trinajstić information content (AvgIpc) is 2.52. The molecule has 0 radical (unpaired) electrons. The number of hydrogen-bond donors (Lipinski definition) is 0. The number of ketones is 1. The Kier molecular flexibility index (Phi) is 2.13. The van der Waals surface area contributed by atoms with E-state index in [4.69, 9.17) is 0 Å². The van der Waals surface area contributed by atoms with Crippen molar-refractivity contribution in [2.75, 3.05) is 0 Å². The van der Waals surface area contributed by atoms with Crippen LogP contribution in [0.15, 0.2) is 24.3 Å². The van der Waals surface area contributed by atoms with Crippen LogP contribution in [0.25, 0.3) is 0 Å². The highest BCUT2D eigenvalue weighted by Gasteiger charge is 2.23. The molecule has 1 aliphatic carbocycles. The van der Waals surface area contributed by atoms with Crippen LogP contribution < -0.4 is 0 Å². The monoisotopic (exact) mass is 178 g/mol. The van der Waals surface area contributed by atoms with Gasteiger partial charge in [-0.3, -0.25) is 4.79 Å². The van der Waals surface area contributed by atoms with Gasteiger partial charge in [0, 0.05) is 12.8 Å². The number of rotatable bonds is 1. The Morgan fingerprint density at radius 2 is 2.23 bits per heavy atom. The van der Waals surface area contributed by atoms with E-state index in [1.807, 2.05) is 6.07 Å². The van der Waals surface area contributed by atoms with E-state index in [0.29, 0.717) is 18.6 Å². The molecule has 1 nitrogen and oxygen atoms in total. The molecular weight excluding hydrogens is 167 g/mol. The summed E-state index contributed by atoms with van der Waals surface area (Å²) in [5.74, 6) is 0.342. The summed E-state index contributed by atoms with van der Waals surface area (Å²) in [5, 5.41) is 0. The topological polar surface area (TPSA) is 17.1 Å². The minimum Gasteiger partial charge on any atom is -0.300 e. The number of Topliss-reactive ketones (excluding diaryl/α,β-unsaturated/α-hetero) is 1. The van der Waals surface area contributed by atoms with Crippen LogP contribution in [0.3, 0.4) is 0 Å². The molecule has 2 heteroatoms. The second-order valence-electron chi connectivity index (χ2n) is 3.53. The molecule has 0 heterocycles. The Bertz CT molecular complexity index is 333. The van der Waals surface area contributed by atoms with Crippen LogP contribution in [0.5, 0.6) is 0 Å². The predicted octanol–water partition coefficient (Wildman–Crippen LogP) is 2.66. The van der Waals surface area contributed by atoms with Gasteiger partial charge in [0.2, 0.25) is 0 Å². The van der Waals surface area contributed by atoms with Crippen molar-refractivity contribution in [3.05, 3.63) is 35.6 Å². The molecule has 1 aromatic rings. The second kappa shape index (κ2) is 3.29. The molecule has 1 aromatic carbocycles. The molecule has 1 fully saturated rings. The molecular formula is C11H11FO. The molecule has 0 unspecified atom stereocenters. The van der Waals surface area contributed by atoms with Gasteiger partial charge in [-0.1, -0.05) is 12.1 Å². The quantitative estimate of drug-likeness (QED) is 0.646. The molecule has 0 aliphatic heterocycles. The van der Waals surface area contributed by atoms with E-state index in [2.05, 4.69) is 0 Å². The van der Waals surface area contributed by atoms with Crippen LogP contribution in [-0.2, 0) is 4.79 Å². The molecule has 0 bridgehead atoms. The average molecular weight is 178 g/mol. The Hall–Kier alpha value is -1.18. The van der Waals surface area contributed by atoms with Gasteiger partial charge in [-0.2, -0.15) is 0 Å². The normalized spacial score (nSPS) is 22.2. The molecule has 1 saturated carbocycles. The summed E-state index contributed by atoms with van der Waals surface area (Å²) in [6, 6.07) is 6.56. The van der Waals surface area contributed by atoms with Gasteiger partial charge >= 0.3 is 0 Å². The Labute approximate surface area is 76.6 Å². The zero-order valence-corrected chi connectivity index (χ0v) is 7.29. The van der Waals surface area contributed by atoms with Crippen LogP contribution in [-0.4, -0.2) is 5.78 Å². The Morgan fingerprint density at radius 1 is 1.38 bits per heavy atom. The first-order valence-corrected chi connectivity index (χ1v) is 4.53. The van der Waals surface area contributed by atoms with E-state index in [0.717, 1.165) is 12.0 Å². The molecule has 0 N–H and O–H groups in total. The largest absolute Gasteiger partial charge is 0.300 e. The Balaban J connectivity index is 2.21. The first kappa shape index (κ1) is 8.42. The molecule has 1 atom stereocenters. The molecule has 2 rings (SSSR count). The van der Waals surface area contributed by atoms with Crippen molar-refractivity contribution in [3.8, 4) is 0 Å². The highest BCUT2D eigenvalue weighted by atomic mass is 19.1. The van der Waals surface area contributed by atoms with E-state index in [1.165, 1.54) is 12.1 Å². The third-order valence-electron chi connectivity index (χ3n) is 2.57. The van der Waals surface area contributed by atoms with Gasteiger partial charge in [-0.15, -0.1) is 0 Å². The van der Waals surface area contributed by atoms with Crippen molar-refractivity contribution >= 4 is 5.78 Å². The minimum absolute atomic E-state index is 0.211. The van der Waals surface area contributed by atoms with Crippen molar-refractivity contribution in [1.29, 1.82) is 0 Å². The molecule has 68 valence electrons. The van der Waals surface area contributed by atoms with Crippen molar-refractivity contribution in [2.45, 2.75) is 25.2 Å². The van der Waals surface area contributed by atoms with Gasteiger partial charge in [-0.05, 0) is 30.0 Å². The SMILES string of the molecule is O=C1CC[C@H](c2cccc(F)c2)C1. The fraction of sp³-hybridized carbons (Fsp3) is 0.364. The summed E-state index contributed by atoms with van der Waals surface area (Å²) in [6.07, 6.45) is 2.12. The number of halogens is 1. The lowest BCUT2D eigenvalue weighted by molar-refractivity contribution is -0.117. The maximum absolute atomic E-state index is 12.8. The highest BCUT2D eigenvalue weighted by molar-refractivity contribution is 5.81. The third-order valence-corrected chi connectivity index (χ3v) is 2.57. The van der Waals surface area contributed by atoms with Crippen LogP contribution in [0.4, 0.5) is 4.39 Å². The van der Waals surface area contributed by atoms with Gasteiger partial charge < -0.3 is 0 Å². The fourth-order valence-corrected chi connectivity index (χ4v) is 1.86. The van der Waals surface area contributed by atoms with Crippen LogP contribution in [0.1, 0.15) is 30.7 Å². The second-order valence-corrected chi connectivity index (χ2v) is 3.53. The maximum Gasteiger partial charge on any atom is 0.133 e. The summed E-state index contributed by atoms with van der Waals surface area (Å²) in [5.41, 5.74) is 0.964. The van der Waals surface area contributed by atoms with Crippen LogP contribution in [0, 0.1) is 5.82 Å². The number of carbonyl (C=O) groups excluding carboxylic acids is 1. The Morgan fingerprint density at radius 3 is 2.85 bits per heavy atom. The first-order chi connectivity index (χ1) is 6.25. The number of hydrogen-bond acceptors (Lipinski definition) is 1. The van der Waals surface area contributed by atoms with Crippen molar-refractivity contribution in [2.24, 2.45) is 0 Å². The smallest absolute Gasteiger partial charge is 0.133 e. The third kappa shape index (κ3) is 1.77. The fourth-order valence-electron chi connectivity index (χ4n) is 1.86. The lowest BCUT2D eigenvalue weighted by Gasteiger charge is -2.07. The lowest BCUT2D eigenvalue weighted by atomic mass is 9.98. The molecule has 0 saturated heterocycles. The number of carbonyl (C=O) groups is 1. The van der Waals surface area contributed by atoms with Crippen LogP contribution >= 0.6 is 0 Å². The molecule has 0 spiro atoms.